The predicted octanol–water partition coefficient (Wildman–Crippen LogP) is 1.75. The SMILES string of the molecule is CC(Cc1cccs1)Nc1cc(N)nc(N)n1. The molecule has 1 unspecified atom stereocenters. The van der Waals surface area contributed by atoms with Crippen LogP contribution >= 0.6 is 11.3 Å². The minimum atomic E-state index is 0.191. The average molecular weight is 249 g/mol. The van der Waals surface area contributed by atoms with Crippen LogP contribution in [0.5, 0.6) is 0 Å². The maximum atomic E-state index is 5.60. The van der Waals surface area contributed by atoms with E-state index in [1.54, 1.807) is 17.4 Å². The van der Waals surface area contributed by atoms with Gasteiger partial charge < -0.3 is 16.8 Å². The second kappa shape index (κ2) is 5.01. The molecule has 6 heteroatoms. The molecule has 2 heterocycles. The minimum absolute atomic E-state index is 0.191. The molecule has 1 atom stereocenters. The van der Waals surface area contributed by atoms with E-state index in [9.17, 15) is 0 Å². The van der Waals surface area contributed by atoms with Gasteiger partial charge in [-0.3, -0.25) is 0 Å². The highest BCUT2D eigenvalue weighted by Crippen LogP contribution is 2.15. The molecule has 2 rings (SSSR count). The second-order valence-electron chi connectivity index (χ2n) is 3.87. The molecular weight excluding hydrogens is 234 g/mol. The van der Waals surface area contributed by atoms with Crippen molar-refractivity contribution in [2.24, 2.45) is 0 Å². The third-order valence-electron chi connectivity index (χ3n) is 2.25. The number of nitrogen functional groups attached to an aromatic ring is 2. The van der Waals surface area contributed by atoms with Gasteiger partial charge in [0, 0.05) is 23.4 Å². The van der Waals surface area contributed by atoms with Crippen LogP contribution in [-0.4, -0.2) is 16.0 Å². The number of anilines is 3. The summed E-state index contributed by atoms with van der Waals surface area (Å²) in [5, 5.41) is 5.33. The average Bonchev–Trinajstić information content (AvgIpc) is 2.67. The highest BCUT2D eigenvalue weighted by atomic mass is 32.1. The molecule has 0 saturated heterocycles. The summed E-state index contributed by atoms with van der Waals surface area (Å²) < 4.78 is 0. The maximum Gasteiger partial charge on any atom is 0.223 e. The highest BCUT2D eigenvalue weighted by molar-refractivity contribution is 7.09. The molecule has 2 aromatic heterocycles. The van der Waals surface area contributed by atoms with E-state index < -0.39 is 0 Å². The van der Waals surface area contributed by atoms with Crippen LogP contribution in [0.15, 0.2) is 23.6 Å². The van der Waals surface area contributed by atoms with Crippen LogP contribution in [0, 0.1) is 0 Å². The number of hydrogen-bond acceptors (Lipinski definition) is 6. The Bertz CT molecular complexity index is 462. The van der Waals surface area contributed by atoms with Gasteiger partial charge in [-0.2, -0.15) is 9.97 Å². The molecule has 0 saturated carbocycles. The number of nitrogens with one attached hydrogen (secondary N) is 1. The lowest BCUT2D eigenvalue weighted by molar-refractivity contribution is 0.794. The molecule has 2 aromatic rings. The standard InChI is InChI=1S/C11H15N5S/c1-7(5-8-3-2-4-17-8)14-10-6-9(12)15-11(13)16-10/h2-4,6-7H,5H2,1H3,(H5,12,13,14,15,16). The summed E-state index contributed by atoms with van der Waals surface area (Å²) in [6, 6.07) is 6.11. The number of nitrogens with two attached hydrogens (primary N) is 2. The first kappa shape index (κ1) is 11.7. The molecule has 0 aliphatic heterocycles. The third-order valence-corrected chi connectivity index (χ3v) is 3.14. The Morgan fingerprint density at radius 2 is 2.24 bits per heavy atom. The fourth-order valence-corrected chi connectivity index (χ4v) is 2.43. The fourth-order valence-electron chi connectivity index (χ4n) is 1.59. The van der Waals surface area contributed by atoms with Crippen LogP contribution in [-0.2, 0) is 6.42 Å². The lowest BCUT2D eigenvalue weighted by Gasteiger charge is -2.13. The molecule has 0 radical (unpaired) electrons. The van der Waals surface area contributed by atoms with Crippen LogP contribution in [0.2, 0.25) is 0 Å². The third kappa shape index (κ3) is 3.32. The van der Waals surface area contributed by atoms with Crippen molar-refractivity contribution in [3.63, 3.8) is 0 Å². The Hall–Kier alpha value is -1.82. The summed E-state index contributed by atoms with van der Waals surface area (Å²) in [6.07, 6.45) is 0.946. The molecular formula is C11H15N5S. The normalized spacial score (nSPS) is 12.3. The van der Waals surface area contributed by atoms with Crippen molar-refractivity contribution in [2.75, 3.05) is 16.8 Å². The van der Waals surface area contributed by atoms with E-state index in [0.29, 0.717) is 11.6 Å². The molecule has 0 aromatic carbocycles. The number of thiophene rings is 1. The van der Waals surface area contributed by atoms with E-state index in [1.165, 1.54) is 4.88 Å². The highest BCUT2D eigenvalue weighted by Gasteiger charge is 2.06. The molecule has 0 fully saturated rings. The number of hydrogen-bond donors (Lipinski definition) is 3. The first-order valence-electron chi connectivity index (χ1n) is 5.32. The smallest absolute Gasteiger partial charge is 0.223 e. The van der Waals surface area contributed by atoms with Crippen molar-refractivity contribution < 1.29 is 0 Å². The molecule has 0 spiro atoms. The van der Waals surface area contributed by atoms with Crippen LogP contribution in [0.1, 0.15) is 11.8 Å². The van der Waals surface area contributed by atoms with Crippen LogP contribution in [0.3, 0.4) is 0 Å². The van der Waals surface area contributed by atoms with E-state index in [2.05, 4.69) is 33.7 Å². The van der Waals surface area contributed by atoms with Gasteiger partial charge in [0.05, 0.1) is 0 Å². The van der Waals surface area contributed by atoms with Crippen LogP contribution in [0.4, 0.5) is 17.6 Å². The monoisotopic (exact) mass is 249 g/mol. The number of aromatic nitrogens is 2. The lowest BCUT2D eigenvalue weighted by atomic mass is 10.2. The van der Waals surface area contributed by atoms with Gasteiger partial charge in [-0.05, 0) is 18.4 Å². The van der Waals surface area contributed by atoms with Crippen LogP contribution in [0.25, 0.3) is 0 Å². The maximum absolute atomic E-state index is 5.60. The van der Waals surface area contributed by atoms with E-state index in [-0.39, 0.29) is 12.0 Å². The molecule has 0 aliphatic rings. The minimum Gasteiger partial charge on any atom is -0.383 e. The van der Waals surface area contributed by atoms with Gasteiger partial charge in [-0.25, -0.2) is 0 Å². The summed E-state index contributed by atoms with van der Waals surface area (Å²) in [4.78, 5) is 9.24. The Kier molecular flexibility index (Phi) is 3.43. The number of nitrogens with zero attached hydrogens (tertiary/aromatic N) is 2. The molecule has 17 heavy (non-hydrogen) atoms. The molecule has 0 aliphatic carbocycles. The second-order valence-corrected chi connectivity index (χ2v) is 4.90. The Morgan fingerprint density at radius 1 is 1.41 bits per heavy atom. The van der Waals surface area contributed by atoms with Gasteiger partial charge in [0.2, 0.25) is 5.95 Å². The fraction of sp³-hybridized carbons (Fsp3) is 0.273. The van der Waals surface area contributed by atoms with Gasteiger partial charge in [0.1, 0.15) is 11.6 Å². The Morgan fingerprint density at radius 3 is 2.88 bits per heavy atom. The largest absolute Gasteiger partial charge is 0.383 e. The topological polar surface area (TPSA) is 89.8 Å². The molecule has 0 bridgehead atoms. The zero-order valence-electron chi connectivity index (χ0n) is 9.55. The van der Waals surface area contributed by atoms with Crippen molar-refractivity contribution in [3.05, 3.63) is 28.5 Å². The quantitative estimate of drug-likeness (QED) is 0.768. The summed E-state index contributed by atoms with van der Waals surface area (Å²) >= 11 is 1.75. The zero-order valence-corrected chi connectivity index (χ0v) is 10.4. The Balaban J connectivity index is 2.00. The summed E-state index contributed by atoms with van der Waals surface area (Å²) in [7, 11) is 0. The summed E-state index contributed by atoms with van der Waals surface area (Å²) in [6.45, 7) is 2.09. The first-order chi connectivity index (χ1) is 8.13. The summed E-state index contributed by atoms with van der Waals surface area (Å²) in [5.74, 6) is 1.23. The van der Waals surface area contributed by atoms with E-state index in [0.717, 1.165) is 6.42 Å². The van der Waals surface area contributed by atoms with Gasteiger partial charge in [-0.1, -0.05) is 6.07 Å². The molecule has 5 nitrogen and oxygen atoms in total. The van der Waals surface area contributed by atoms with Gasteiger partial charge in [-0.15, -0.1) is 11.3 Å². The predicted molar refractivity (Wildman–Crippen MR) is 72.0 cm³/mol. The van der Waals surface area contributed by atoms with E-state index >= 15 is 0 Å². The molecule has 90 valence electrons. The van der Waals surface area contributed by atoms with Crippen molar-refractivity contribution in [1.82, 2.24) is 9.97 Å². The van der Waals surface area contributed by atoms with Crippen molar-refractivity contribution >= 4 is 28.9 Å². The lowest BCUT2D eigenvalue weighted by Crippen LogP contribution is -2.19. The first-order valence-corrected chi connectivity index (χ1v) is 6.20. The van der Waals surface area contributed by atoms with Crippen molar-refractivity contribution in [1.29, 1.82) is 0 Å². The van der Waals surface area contributed by atoms with Crippen molar-refractivity contribution in [2.45, 2.75) is 19.4 Å². The van der Waals surface area contributed by atoms with Gasteiger partial charge in [0.15, 0.2) is 0 Å². The summed E-state index contributed by atoms with van der Waals surface area (Å²) in [5.41, 5.74) is 11.1. The van der Waals surface area contributed by atoms with E-state index in [4.69, 9.17) is 11.5 Å². The van der Waals surface area contributed by atoms with Crippen molar-refractivity contribution in [3.8, 4) is 0 Å². The van der Waals surface area contributed by atoms with Gasteiger partial charge >= 0.3 is 0 Å². The van der Waals surface area contributed by atoms with E-state index in [1.807, 2.05) is 6.07 Å². The number of rotatable bonds is 4. The molecule has 5 N–H and O–H groups in total. The van der Waals surface area contributed by atoms with Crippen LogP contribution < -0.4 is 16.8 Å². The van der Waals surface area contributed by atoms with Gasteiger partial charge in [0.25, 0.3) is 0 Å². The zero-order chi connectivity index (χ0) is 12.3. The Labute approximate surface area is 104 Å². The molecule has 0 amide bonds.